The second-order valence-corrected chi connectivity index (χ2v) is 20.3. The van der Waals surface area contributed by atoms with Gasteiger partial charge in [0.25, 0.3) is 7.82 Å². The lowest BCUT2D eigenvalue weighted by molar-refractivity contribution is -0.870. The molecule has 0 spiro atoms. The van der Waals surface area contributed by atoms with Crippen molar-refractivity contribution < 1.29 is 32.9 Å². The Morgan fingerprint density at radius 2 is 0.984 bits per heavy atom. The Bertz CT molecular complexity index is 1150. The van der Waals surface area contributed by atoms with E-state index in [0.717, 1.165) is 70.6 Å². The number of nitrogens with one attached hydrogen (secondary N) is 1. The number of hydrogen-bond acceptors (Lipinski definition) is 6. The first-order chi connectivity index (χ1) is 30.0. The number of nitrogens with zero attached hydrogens (tertiary/aromatic N) is 1. The Balaban J connectivity index is 4.27. The van der Waals surface area contributed by atoms with Crippen LogP contribution in [-0.2, 0) is 18.4 Å². The third kappa shape index (κ3) is 46.5. The third-order valence-corrected chi connectivity index (χ3v) is 12.5. The second kappa shape index (κ2) is 44.7. The van der Waals surface area contributed by atoms with Gasteiger partial charge in [0.05, 0.1) is 39.9 Å². The normalized spacial score (nSPS) is 14.5. The molecule has 0 aliphatic carbocycles. The van der Waals surface area contributed by atoms with Crippen LogP contribution in [0.3, 0.4) is 0 Å². The van der Waals surface area contributed by atoms with E-state index in [1.165, 1.54) is 135 Å². The molecule has 0 aromatic rings. The molecular formula is C53H101N2O6P. The van der Waals surface area contributed by atoms with Crippen LogP contribution in [0.1, 0.15) is 232 Å². The molecule has 0 aliphatic heterocycles. The molecule has 8 nitrogen and oxygen atoms in total. The molecule has 0 saturated carbocycles. The third-order valence-electron chi connectivity index (χ3n) is 11.6. The summed E-state index contributed by atoms with van der Waals surface area (Å²) in [5.41, 5.74) is 0. The van der Waals surface area contributed by atoms with Crippen LogP contribution in [0.5, 0.6) is 0 Å². The van der Waals surface area contributed by atoms with E-state index in [1.807, 2.05) is 21.1 Å². The smallest absolute Gasteiger partial charge is 0.268 e. The van der Waals surface area contributed by atoms with Crippen LogP contribution >= 0.6 is 7.82 Å². The standard InChI is InChI=1S/C53H101N2O6P/c1-6-8-10-12-14-16-18-20-22-24-26-27-29-31-33-35-37-39-41-43-45-47-53(57)54-51(50-61-62(58,59)60-49-48-55(3,4)5)52(56)46-44-42-40-38-36-34-32-30-28-25-23-21-19-17-15-13-11-9-7-2/h8,10,14,16,20,22,26-27,51-52,56H,6-7,9,11-13,15,17-19,21,23-25,28-50H2,1-5H3,(H-,54,57,58,59)/b10-8-,16-14-,22-20-,27-26-. The van der Waals surface area contributed by atoms with Crippen molar-refractivity contribution in [3.63, 3.8) is 0 Å². The zero-order chi connectivity index (χ0) is 45.7. The molecule has 0 aliphatic rings. The molecule has 62 heavy (non-hydrogen) atoms. The Morgan fingerprint density at radius 1 is 0.581 bits per heavy atom. The highest BCUT2D eigenvalue weighted by molar-refractivity contribution is 7.45. The lowest BCUT2D eigenvalue weighted by Gasteiger charge is -2.30. The number of rotatable bonds is 47. The van der Waals surface area contributed by atoms with Gasteiger partial charge in [-0.05, 0) is 51.4 Å². The van der Waals surface area contributed by atoms with E-state index in [-0.39, 0.29) is 19.1 Å². The predicted molar refractivity (Wildman–Crippen MR) is 265 cm³/mol. The van der Waals surface area contributed by atoms with Crippen molar-refractivity contribution in [1.82, 2.24) is 5.32 Å². The zero-order valence-electron chi connectivity index (χ0n) is 41.3. The number of phosphoric ester groups is 1. The van der Waals surface area contributed by atoms with Crippen molar-refractivity contribution in [3.8, 4) is 0 Å². The van der Waals surface area contributed by atoms with Crippen molar-refractivity contribution in [2.75, 3.05) is 40.9 Å². The molecule has 364 valence electrons. The summed E-state index contributed by atoms with van der Waals surface area (Å²) in [7, 11) is 1.30. The summed E-state index contributed by atoms with van der Waals surface area (Å²) in [5, 5.41) is 14.0. The van der Waals surface area contributed by atoms with Crippen molar-refractivity contribution in [1.29, 1.82) is 0 Å². The molecule has 1 amide bonds. The monoisotopic (exact) mass is 893 g/mol. The topological polar surface area (TPSA) is 108 Å². The van der Waals surface area contributed by atoms with Gasteiger partial charge in [-0.1, -0.05) is 223 Å². The van der Waals surface area contributed by atoms with Gasteiger partial charge in [-0.15, -0.1) is 0 Å². The molecule has 0 saturated heterocycles. The first-order valence-corrected chi connectivity index (χ1v) is 27.4. The van der Waals surface area contributed by atoms with Crippen molar-refractivity contribution in [3.05, 3.63) is 48.6 Å². The number of carbonyl (C=O) groups is 1. The molecule has 0 aromatic heterocycles. The highest BCUT2D eigenvalue weighted by atomic mass is 31.2. The Labute approximate surface area is 384 Å². The highest BCUT2D eigenvalue weighted by Crippen LogP contribution is 2.38. The first-order valence-electron chi connectivity index (χ1n) is 26.0. The Morgan fingerprint density at radius 3 is 1.44 bits per heavy atom. The van der Waals surface area contributed by atoms with Gasteiger partial charge in [0.2, 0.25) is 5.91 Å². The first kappa shape index (κ1) is 60.5. The summed E-state index contributed by atoms with van der Waals surface area (Å²) in [6.45, 7) is 4.62. The minimum Gasteiger partial charge on any atom is -0.756 e. The fourth-order valence-electron chi connectivity index (χ4n) is 7.50. The van der Waals surface area contributed by atoms with Crippen LogP contribution in [0.25, 0.3) is 0 Å². The summed E-state index contributed by atoms with van der Waals surface area (Å²) in [4.78, 5) is 25.5. The quantitative estimate of drug-likeness (QED) is 0.0273. The molecule has 0 fully saturated rings. The number of carbonyl (C=O) groups excluding carboxylic acids is 1. The number of unbranched alkanes of at least 4 members (excludes halogenated alkanes) is 26. The SMILES string of the molecule is CC/C=C\C/C=C\C/C=C\C/C=C\CCCCCCCCCCC(=O)NC(COP(=O)([O-])OCC[N+](C)(C)C)C(O)CCCCCCCCCCCCCCCCCCCCC. The van der Waals surface area contributed by atoms with Crippen LogP contribution in [0.2, 0.25) is 0 Å². The molecule has 3 unspecified atom stereocenters. The van der Waals surface area contributed by atoms with E-state index < -0.39 is 20.0 Å². The second-order valence-electron chi connectivity index (χ2n) is 18.9. The number of aliphatic hydroxyl groups excluding tert-OH is 1. The molecule has 0 radical (unpaired) electrons. The maximum absolute atomic E-state index is 12.9. The van der Waals surface area contributed by atoms with E-state index >= 15 is 0 Å². The molecule has 0 rings (SSSR count). The van der Waals surface area contributed by atoms with Crippen LogP contribution in [0.4, 0.5) is 0 Å². The number of quaternary nitrogens is 1. The maximum atomic E-state index is 12.9. The van der Waals surface area contributed by atoms with Gasteiger partial charge in [-0.2, -0.15) is 0 Å². The average molecular weight is 893 g/mol. The lowest BCUT2D eigenvalue weighted by atomic mass is 10.0. The fraction of sp³-hybridized carbons (Fsp3) is 0.830. The van der Waals surface area contributed by atoms with Crippen LogP contribution in [-0.4, -0.2) is 68.5 Å². The number of likely N-dealkylation sites (N-methyl/N-ethyl adjacent to an activating group) is 1. The van der Waals surface area contributed by atoms with E-state index in [4.69, 9.17) is 9.05 Å². The predicted octanol–water partition coefficient (Wildman–Crippen LogP) is 14.6. The van der Waals surface area contributed by atoms with Crippen LogP contribution in [0.15, 0.2) is 48.6 Å². The molecule has 2 N–H and O–H groups in total. The fourth-order valence-corrected chi connectivity index (χ4v) is 8.23. The molecule has 0 heterocycles. The lowest BCUT2D eigenvalue weighted by Crippen LogP contribution is -2.46. The van der Waals surface area contributed by atoms with E-state index in [0.29, 0.717) is 23.9 Å². The van der Waals surface area contributed by atoms with Gasteiger partial charge < -0.3 is 28.8 Å². The minimum absolute atomic E-state index is 0.00917. The minimum atomic E-state index is -4.57. The number of amides is 1. The summed E-state index contributed by atoms with van der Waals surface area (Å²) in [5.74, 6) is -0.173. The average Bonchev–Trinajstić information content (AvgIpc) is 3.23. The molecule has 0 aromatic carbocycles. The summed E-state index contributed by atoms with van der Waals surface area (Å²) < 4.78 is 23.4. The van der Waals surface area contributed by atoms with Gasteiger partial charge in [-0.25, -0.2) is 0 Å². The van der Waals surface area contributed by atoms with E-state index in [2.05, 4.69) is 67.8 Å². The number of phosphoric acid groups is 1. The van der Waals surface area contributed by atoms with Crippen molar-refractivity contribution in [2.24, 2.45) is 0 Å². The van der Waals surface area contributed by atoms with Crippen molar-refractivity contribution in [2.45, 2.75) is 244 Å². The molecule has 0 bridgehead atoms. The van der Waals surface area contributed by atoms with E-state index in [1.54, 1.807) is 0 Å². The number of hydrogen-bond donors (Lipinski definition) is 2. The van der Waals surface area contributed by atoms with E-state index in [9.17, 15) is 19.4 Å². The Kier molecular flexibility index (Phi) is 43.5. The summed E-state index contributed by atoms with van der Waals surface area (Å²) in [6.07, 6.45) is 56.9. The van der Waals surface area contributed by atoms with Crippen LogP contribution in [0, 0.1) is 0 Å². The zero-order valence-corrected chi connectivity index (χ0v) is 42.2. The Hall–Kier alpha value is -1.54. The van der Waals surface area contributed by atoms with Gasteiger partial charge >= 0.3 is 0 Å². The van der Waals surface area contributed by atoms with Gasteiger partial charge in [0.15, 0.2) is 0 Å². The largest absolute Gasteiger partial charge is 0.756 e. The number of allylic oxidation sites excluding steroid dienone is 8. The maximum Gasteiger partial charge on any atom is 0.268 e. The van der Waals surface area contributed by atoms with Gasteiger partial charge in [0, 0.05) is 6.42 Å². The highest BCUT2D eigenvalue weighted by Gasteiger charge is 2.24. The molecule has 3 atom stereocenters. The summed E-state index contributed by atoms with van der Waals surface area (Å²) in [6, 6.07) is -0.806. The van der Waals surface area contributed by atoms with Crippen LogP contribution < -0.4 is 10.2 Å². The summed E-state index contributed by atoms with van der Waals surface area (Å²) >= 11 is 0. The van der Waals surface area contributed by atoms with Gasteiger partial charge in [-0.3, -0.25) is 9.36 Å². The van der Waals surface area contributed by atoms with Crippen molar-refractivity contribution >= 4 is 13.7 Å². The van der Waals surface area contributed by atoms with Gasteiger partial charge in [0.1, 0.15) is 13.2 Å². The molecular weight excluding hydrogens is 792 g/mol. The number of aliphatic hydroxyl groups is 1. The molecule has 9 heteroatoms.